The highest BCUT2D eigenvalue weighted by Gasteiger charge is 2.42. The van der Waals surface area contributed by atoms with Crippen LogP contribution in [0.1, 0.15) is 53.6 Å². The average Bonchev–Trinajstić information content (AvgIpc) is 3.04. The number of nitrogens with zero attached hydrogens (tertiary/aromatic N) is 1. The highest BCUT2D eigenvalue weighted by atomic mass is 35.5. The molecule has 5 nitrogen and oxygen atoms in total. The lowest BCUT2D eigenvalue weighted by atomic mass is 9.97. The number of benzene rings is 2. The fourth-order valence-corrected chi connectivity index (χ4v) is 4.59. The largest absolute Gasteiger partial charge is 0.450 e. The lowest BCUT2D eigenvalue weighted by Crippen LogP contribution is -3.11. The molecular weight excluding hydrogens is 412 g/mol. The highest BCUT2D eigenvalue weighted by molar-refractivity contribution is 6.31. The van der Waals surface area contributed by atoms with Crippen molar-refractivity contribution in [3.05, 3.63) is 80.2 Å². The number of nitrogens with one attached hydrogen (secondary N) is 1. The maximum Gasteiger partial charge on any atom is 0.290 e. The number of hydrogen-bond donors (Lipinski definition) is 1. The number of halogens is 1. The molecule has 3 aromatic rings. The van der Waals surface area contributed by atoms with E-state index in [0.29, 0.717) is 28.1 Å². The number of quaternary nitrogens is 1. The van der Waals surface area contributed by atoms with Crippen molar-refractivity contribution < 1.29 is 14.1 Å². The lowest BCUT2D eigenvalue weighted by Gasteiger charge is -2.26. The highest BCUT2D eigenvalue weighted by Crippen LogP contribution is 2.38. The molecule has 0 spiro atoms. The minimum absolute atomic E-state index is 0.153. The average molecular weight is 440 g/mol. The van der Waals surface area contributed by atoms with Crippen LogP contribution in [0, 0.1) is 6.92 Å². The summed E-state index contributed by atoms with van der Waals surface area (Å²) in [6.07, 6.45) is 0.860. The van der Waals surface area contributed by atoms with E-state index in [9.17, 15) is 9.59 Å². The number of hydrogen-bond acceptors (Lipinski definition) is 3. The number of rotatable bonds is 7. The second-order valence-corrected chi connectivity index (χ2v) is 8.62. The number of fused-ring (bicyclic) bond motifs is 2. The number of aryl methyl sites for hydroxylation is 1. The van der Waals surface area contributed by atoms with Gasteiger partial charge in [-0.25, -0.2) is 0 Å². The van der Waals surface area contributed by atoms with Crippen molar-refractivity contribution in [2.75, 3.05) is 26.2 Å². The first-order chi connectivity index (χ1) is 14.9. The minimum Gasteiger partial charge on any atom is -0.450 e. The molecule has 0 fully saturated rings. The Labute approximate surface area is 187 Å². The number of amides is 1. The van der Waals surface area contributed by atoms with Gasteiger partial charge in [0, 0.05) is 18.0 Å². The fraction of sp³-hybridized carbons (Fsp3) is 0.360. The van der Waals surface area contributed by atoms with E-state index in [1.54, 1.807) is 23.1 Å². The predicted octanol–water partition coefficient (Wildman–Crippen LogP) is 3.61. The van der Waals surface area contributed by atoms with E-state index in [1.807, 2.05) is 31.2 Å². The molecule has 2 heterocycles. The molecule has 4 rings (SSSR count). The van der Waals surface area contributed by atoms with Gasteiger partial charge in [0.15, 0.2) is 5.43 Å². The Bertz CT molecular complexity index is 1170. The molecule has 0 bridgehead atoms. The molecule has 0 aliphatic carbocycles. The van der Waals surface area contributed by atoms with Crippen LogP contribution in [0.4, 0.5) is 0 Å². The van der Waals surface area contributed by atoms with Crippen molar-refractivity contribution in [3.8, 4) is 0 Å². The summed E-state index contributed by atoms with van der Waals surface area (Å²) in [5.41, 5.74) is 2.66. The van der Waals surface area contributed by atoms with E-state index in [4.69, 9.17) is 16.0 Å². The summed E-state index contributed by atoms with van der Waals surface area (Å²) >= 11 is 6.14. The lowest BCUT2D eigenvalue weighted by molar-refractivity contribution is -0.896. The van der Waals surface area contributed by atoms with Crippen molar-refractivity contribution in [3.63, 3.8) is 0 Å². The van der Waals surface area contributed by atoms with Gasteiger partial charge in [-0.3, -0.25) is 9.59 Å². The quantitative estimate of drug-likeness (QED) is 0.611. The first kappa shape index (κ1) is 21.6. The normalized spacial score (nSPS) is 15.8. The van der Waals surface area contributed by atoms with Gasteiger partial charge in [0.05, 0.1) is 36.6 Å². The van der Waals surface area contributed by atoms with Crippen LogP contribution in [-0.4, -0.2) is 37.0 Å². The molecule has 0 saturated heterocycles. The summed E-state index contributed by atoms with van der Waals surface area (Å²) in [6, 6.07) is 12.5. The van der Waals surface area contributed by atoms with Crippen LogP contribution >= 0.6 is 11.6 Å². The molecule has 1 amide bonds. The molecule has 31 heavy (non-hydrogen) atoms. The summed E-state index contributed by atoms with van der Waals surface area (Å²) in [7, 11) is 0. The van der Waals surface area contributed by atoms with Gasteiger partial charge in [0.1, 0.15) is 5.58 Å². The number of carbonyl (C=O) groups excluding carboxylic acids is 1. The summed E-state index contributed by atoms with van der Waals surface area (Å²) in [6.45, 7) is 10.0. The standard InChI is InChI=1S/C25H27ClN2O3/c1-4-27(5-2)13-6-14-28-22(17-9-7-16(3)8-10-17)21-23(29)19-15-18(26)11-12-20(19)31-24(21)25(28)30/h7-12,15,22H,4-6,13-14H2,1-3H3/p+1. The summed E-state index contributed by atoms with van der Waals surface area (Å²) in [5, 5.41) is 0.876. The van der Waals surface area contributed by atoms with Crippen LogP contribution in [0.15, 0.2) is 51.7 Å². The Morgan fingerprint density at radius 2 is 1.77 bits per heavy atom. The first-order valence-corrected chi connectivity index (χ1v) is 11.3. The maximum atomic E-state index is 13.5. The van der Waals surface area contributed by atoms with Gasteiger partial charge in [-0.1, -0.05) is 41.4 Å². The monoisotopic (exact) mass is 439 g/mol. The van der Waals surface area contributed by atoms with Crippen LogP contribution in [0.25, 0.3) is 11.0 Å². The van der Waals surface area contributed by atoms with Gasteiger partial charge < -0.3 is 14.2 Å². The molecule has 1 unspecified atom stereocenters. The van der Waals surface area contributed by atoms with E-state index >= 15 is 0 Å². The molecule has 1 aromatic heterocycles. The molecule has 0 saturated carbocycles. The Morgan fingerprint density at radius 3 is 2.45 bits per heavy atom. The molecule has 162 valence electrons. The summed E-state index contributed by atoms with van der Waals surface area (Å²) in [5.74, 6) is -0.0651. The molecule has 1 N–H and O–H groups in total. The second-order valence-electron chi connectivity index (χ2n) is 8.19. The molecule has 1 aliphatic rings. The van der Waals surface area contributed by atoms with Gasteiger partial charge >= 0.3 is 0 Å². The van der Waals surface area contributed by atoms with E-state index in [2.05, 4.69) is 13.8 Å². The van der Waals surface area contributed by atoms with Crippen molar-refractivity contribution in [1.29, 1.82) is 0 Å². The Morgan fingerprint density at radius 1 is 1.06 bits per heavy atom. The van der Waals surface area contributed by atoms with Crippen molar-refractivity contribution >= 4 is 28.5 Å². The molecular formula is C25H28ClN2O3+. The van der Waals surface area contributed by atoms with Crippen molar-refractivity contribution in [2.24, 2.45) is 0 Å². The second kappa shape index (κ2) is 8.85. The zero-order chi connectivity index (χ0) is 22.1. The van der Waals surface area contributed by atoms with E-state index in [-0.39, 0.29) is 17.1 Å². The third-order valence-corrected chi connectivity index (χ3v) is 6.49. The van der Waals surface area contributed by atoms with Crippen LogP contribution < -0.4 is 10.3 Å². The van der Waals surface area contributed by atoms with Gasteiger partial charge in [0.2, 0.25) is 5.76 Å². The zero-order valence-electron chi connectivity index (χ0n) is 18.2. The maximum absolute atomic E-state index is 13.5. The fourth-order valence-electron chi connectivity index (χ4n) is 4.42. The van der Waals surface area contributed by atoms with Gasteiger partial charge in [-0.2, -0.15) is 0 Å². The van der Waals surface area contributed by atoms with Crippen LogP contribution in [-0.2, 0) is 0 Å². The van der Waals surface area contributed by atoms with E-state index < -0.39 is 6.04 Å². The van der Waals surface area contributed by atoms with Crippen LogP contribution in [0.5, 0.6) is 0 Å². The van der Waals surface area contributed by atoms with Gasteiger partial charge in [0.25, 0.3) is 5.91 Å². The molecule has 1 atom stereocenters. The van der Waals surface area contributed by atoms with E-state index in [0.717, 1.165) is 37.2 Å². The zero-order valence-corrected chi connectivity index (χ0v) is 19.0. The third-order valence-electron chi connectivity index (χ3n) is 6.25. The van der Waals surface area contributed by atoms with Crippen molar-refractivity contribution in [1.82, 2.24) is 4.90 Å². The van der Waals surface area contributed by atoms with Crippen LogP contribution in [0.3, 0.4) is 0 Å². The minimum atomic E-state index is -0.450. The molecule has 0 radical (unpaired) electrons. The summed E-state index contributed by atoms with van der Waals surface area (Å²) < 4.78 is 5.97. The van der Waals surface area contributed by atoms with Gasteiger partial charge in [-0.05, 0) is 44.5 Å². The Kier molecular flexibility index (Phi) is 6.17. The first-order valence-electron chi connectivity index (χ1n) is 10.9. The third kappa shape index (κ3) is 4.00. The van der Waals surface area contributed by atoms with E-state index in [1.165, 1.54) is 4.90 Å². The smallest absolute Gasteiger partial charge is 0.290 e. The van der Waals surface area contributed by atoms with Crippen LogP contribution in [0.2, 0.25) is 5.02 Å². The summed E-state index contributed by atoms with van der Waals surface area (Å²) in [4.78, 5) is 30.2. The van der Waals surface area contributed by atoms with Gasteiger partial charge in [-0.15, -0.1) is 0 Å². The molecule has 2 aromatic carbocycles. The Hall–Kier alpha value is -2.63. The predicted molar refractivity (Wildman–Crippen MR) is 123 cm³/mol. The van der Waals surface area contributed by atoms with Crippen molar-refractivity contribution in [2.45, 2.75) is 33.2 Å². The topological polar surface area (TPSA) is 55.0 Å². The Balaban J connectivity index is 1.80. The molecule has 1 aliphatic heterocycles. The molecule has 6 heteroatoms. The SMILES string of the molecule is CC[NH+](CC)CCCN1C(=O)c2oc3ccc(Cl)cc3c(=O)c2C1c1ccc(C)cc1. The number of carbonyl (C=O) groups is 1.